The number of benzene rings is 1. The molecule has 98 valence electrons. The first-order valence-electron chi connectivity index (χ1n) is 6.03. The molecule has 0 saturated carbocycles. The molecule has 1 aromatic carbocycles. The van der Waals surface area contributed by atoms with Crippen molar-refractivity contribution in [2.75, 3.05) is 27.8 Å². The summed E-state index contributed by atoms with van der Waals surface area (Å²) >= 11 is 0. The predicted octanol–water partition coefficient (Wildman–Crippen LogP) is 2.22. The molecule has 0 atom stereocenters. The Morgan fingerprint density at radius 1 is 1.22 bits per heavy atom. The van der Waals surface area contributed by atoms with Crippen molar-refractivity contribution in [3.05, 3.63) is 36.0 Å². The number of hydrogen-bond donors (Lipinski definition) is 1. The summed E-state index contributed by atoms with van der Waals surface area (Å²) in [7, 11) is 5.38. The highest BCUT2D eigenvalue weighted by Crippen LogP contribution is 2.18. The molecule has 2 aromatic rings. The zero-order chi connectivity index (χ0) is 13.0. The Balaban J connectivity index is 2.04. The smallest absolute Gasteiger partial charge is 0.169 e. The molecule has 1 aromatic heterocycles. The highest BCUT2D eigenvalue weighted by molar-refractivity contribution is 5.82. The summed E-state index contributed by atoms with van der Waals surface area (Å²) < 4.78 is 10.4. The number of likely N-dealkylation sites (N-methyl/N-ethyl adjacent to an activating group) is 1. The average Bonchev–Trinajstić information content (AvgIpc) is 2.79. The van der Waals surface area contributed by atoms with E-state index in [1.165, 1.54) is 16.5 Å². The molecule has 4 nitrogen and oxygen atoms in total. The minimum atomic E-state index is -0.180. The lowest BCUT2D eigenvalue weighted by atomic mass is 10.1. The molecule has 0 radical (unpaired) electrons. The quantitative estimate of drug-likeness (QED) is 0.796. The average molecular weight is 248 g/mol. The fraction of sp³-hybridized carbons (Fsp3) is 0.429. The van der Waals surface area contributed by atoms with E-state index in [0.717, 1.165) is 13.1 Å². The maximum atomic E-state index is 5.21. The van der Waals surface area contributed by atoms with Crippen LogP contribution in [0.3, 0.4) is 0 Å². The number of aromatic nitrogens is 1. The van der Waals surface area contributed by atoms with Gasteiger partial charge >= 0.3 is 0 Å². The fourth-order valence-corrected chi connectivity index (χ4v) is 2.12. The Hall–Kier alpha value is -1.36. The van der Waals surface area contributed by atoms with Crippen LogP contribution < -0.4 is 0 Å². The second kappa shape index (κ2) is 6.00. The van der Waals surface area contributed by atoms with Crippen LogP contribution in [0.1, 0.15) is 5.56 Å². The van der Waals surface area contributed by atoms with Crippen molar-refractivity contribution in [3.8, 4) is 0 Å². The van der Waals surface area contributed by atoms with E-state index >= 15 is 0 Å². The number of rotatable bonds is 6. The zero-order valence-electron chi connectivity index (χ0n) is 11.1. The largest absolute Gasteiger partial charge is 0.361 e. The number of methoxy groups -OCH3 is 2. The molecule has 0 fully saturated rings. The number of H-pyrrole nitrogens is 1. The topological polar surface area (TPSA) is 37.5 Å². The summed E-state index contributed by atoms with van der Waals surface area (Å²) in [6, 6.07) is 8.33. The highest BCUT2D eigenvalue weighted by atomic mass is 16.7. The van der Waals surface area contributed by atoms with Gasteiger partial charge in [0, 0.05) is 44.4 Å². The van der Waals surface area contributed by atoms with Crippen molar-refractivity contribution in [3.63, 3.8) is 0 Å². The van der Waals surface area contributed by atoms with Gasteiger partial charge in [-0.2, -0.15) is 0 Å². The molecule has 0 aliphatic carbocycles. The molecule has 0 saturated heterocycles. The standard InChI is InChI=1S/C14H20N2O2/c1-16(10-14(17-2)18-3)9-11-8-15-13-7-5-4-6-12(11)13/h4-8,14-15H,9-10H2,1-3H3. The van der Waals surface area contributed by atoms with Gasteiger partial charge in [-0.05, 0) is 18.7 Å². The maximum Gasteiger partial charge on any atom is 0.169 e. The van der Waals surface area contributed by atoms with Crippen molar-refractivity contribution < 1.29 is 9.47 Å². The molecule has 0 amide bonds. The van der Waals surface area contributed by atoms with Crippen molar-refractivity contribution in [1.29, 1.82) is 0 Å². The number of ether oxygens (including phenoxy) is 2. The summed E-state index contributed by atoms with van der Waals surface area (Å²) in [5, 5.41) is 1.27. The second-order valence-electron chi connectivity index (χ2n) is 4.46. The molecule has 0 aliphatic heterocycles. The van der Waals surface area contributed by atoms with Gasteiger partial charge in [0.25, 0.3) is 0 Å². The number of para-hydroxylation sites is 1. The molecule has 4 heteroatoms. The van der Waals surface area contributed by atoms with Crippen molar-refractivity contribution in [1.82, 2.24) is 9.88 Å². The molecular formula is C14H20N2O2. The van der Waals surface area contributed by atoms with Gasteiger partial charge in [-0.15, -0.1) is 0 Å². The third-order valence-electron chi connectivity index (χ3n) is 3.10. The summed E-state index contributed by atoms with van der Waals surface area (Å²) in [5.74, 6) is 0. The Kier molecular flexibility index (Phi) is 4.36. The van der Waals surface area contributed by atoms with Crippen LogP contribution in [0.2, 0.25) is 0 Å². The molecule has 0 bridgehead atoms. The van der Waals surface area contributed by atoms with Crippen LogP contribution in [0.4, 0.5) is 0 Å². The minimum Gasteiger partial charge on any atom is -0.361 e. The third kappa shape index (κ3) is 2.90. The summed E-state index contributed by atoms with van der Waals surface area (Å²) in [6.45, 7) is 1.61. The van der Waals surface area contributed by atoms with E-state index in [4.69, 9.17) is 9.47 Å². The first-order valence-corrected chi connectivity index (χ1v) is 6.03. The zero-order valence-corrected chi connectivity index (χ0v) is 11.1. The number of hydrogen-bond acceptors (Lipinski definition) is 3. The van der Waals surface area contributed by atoms with Gasteiger partial charge < -0.3 is 14.5 Å². The Morgan fingerprint density at radius 3 is 2.67 bits per heavy atom. The van der Waals surface area contributed by atoms with Crippen LogP contribution in [-0.4, -0.2) is 44.0 Å². The van der Waals surface area contributed by atoms with Crippen LogP contribution in [0.15, 0.2) is 30.5 Å². The van der Waals surface area contributed by atoms with Crippen LogP contribution in [-0.2, 0) is 16.0 Å². The summed E-state index contributed by atoms with van der Waals surface area (Å²) in [4.78, 5) is 5.47. The van der Waals surface area contributed by atoms with Gasteiger partial charge in [0.1, 0.15) is 0 Å². The van der Waals surface area contributed by atoms with Crippen molar-refractivity contribution >= 4 is 10.9 Å². The first kappa shape index (κ1) is 13.1. The second-order valence-corrected chi connectivity index (χ2v) is 4.46. The van der Waals surface area contributed by atoms with Gasteiger partial charge in [-0.25, -0.2) is 0 Å². The molecule has 1 heterocycles. The van der Waals surface area contributed by atoms with Crippen LogP contribution >= 0.6 is 0 Å². The Bertz CT molecular complexity index is 491. The van der Waals surface area contributed by atoms with Gasteiger partial charge in [0.2, 0.25) is 0 Å². The predicted molar refractivity (Wildman–Crippen MR) is 72.4 cm³/mol. The fourth-order valence-electron chi connectivity index (χ4n) is 2.12. The first-order chi connectivity index (χ1) is 8.74. The van der Waals surface area contributed by atoms with E-state index in [2.05, 4.69) is 41.3 Å². The highest BCUT2D eigenvalue weighted by Gasteiger charge is 2.11. The third-order valence-corrected chi connectivity index (χ3v) is 3.10. The van der Waals surface area contributed by atoms with Crippen molar-refractivity contribution in [2.45, 2.75) is 12.8 Å². The molecule has 0 spiro atoms. The maximum absolute atomic E-state index is 5.21. The van der Waals surface area contributed by atoms with Crippen molar-refractivity contribution in [2.24, 2.45) is 0 Å². The van der Waals surface area contributed by atoms with E-state index in [1.807, 2.05) is 6.07 Å². The van der Waals surface area contributed by atoms with E-state index in [0.29, 0.717) is 0 Å². The lowest BCUT2D eigenvalue weighted by molar-refractivity contribution is -0.114. The molecule has 0 unspecified atom stereocenters. The van der Waals surface area contributed by atoms with E-state index in [9.17, 15) is 0 Å². The Morgan fingerprint density at radius 2 is 1.94 bits per heavy atom. The van der Waals surface area contributed by atoms with Crippen LogP contribution in [0, 0.1) is 0 Å². The monoisotopic (exact) mass is 248 g/mol. The SMILES string of the molecule is COC(CN(C)Cc1c[nH]c2ccccc12)OC. The normalized spacial score (nSPS) is 11.8. The number of nitrogens with zero attached hydrogens (tertiary/aromatic N) is 1. The van der Waals surface area contributed by atoms with E-state index in [1.54, 1.807) is 14.2 Å². The number of nitrogens with one attached hydrogen (secondary N) is 1. The molecule has 0 aliphatic rings. The van der Waals surface area contributed by atoms with Gasteiger partial charge in [0.15, 0.2) is 6.29 Å². The van der Waals surface area contributed by atoms with E-state index in [-0.39, 0.29) is 6.29 Å². The van der Waals surface area contributed by atoms with Gasteiger partial charge in [-0.1, -0.05) is 18.2 Å². The molecule has 1 N–H and O–H groups in total. The van der Waals surface area contributed by atoms with Crippen LogP contribution in [0.5, 0.6) is 0 Å². The van der Waals surface area contributed by atoms with Gasteiger partial charge in [-0.3, -0.25) is 4.90 Å². The Labute approximate surface area is 107 Å². The number of aromatic amines is 1. The summed E-state index contributed by atoms with van der Waals surface area (Å²) in [6.07, 6.45) is 1.88. The molecular weight excluding hydrogens is 228 g/mol. The molecule has 18 heavy (non-hydrogen) atoms. The van der Waals surface area contributed by atoms with E-state index < -0.39 is 0 Å². The summed E-state index contributed by atoms with van der Waals surface area (Å²) in [5.41, 5.74) is 2.47. The minimum absolute atomic E-state index is 0.180. The lowest BCUT2D eigenvalue weighted by Gasteiger charge is -2.21. The lowest BCUT2D eigenvalue weighted by Crippen LogP contribution is -2.31. The molecule has 2 rings (SSSR count). The number of fused-ring (bicyclic) bond motifs is 1. The van der Waals surface area contributed by atoms with Gasteiger partial charge in [0.05, 0.1) is 0 Å². The van der Waals surface area contributed by atoms with Crippen LogP contribution in [0.25, 0.3) is 10.9 Å².